The van der Waals surface area contributed by atoms with Gasteiger partial charge in [-0.1, -0.05) is 12.1 Å². The number of fused-ring (bicyclic) bond motifs is 1. The van der Waals surface area contributed by atoms with Crippen LogP contribution in [0.4, 0.5) is 8.78 Å². The molecule has 2 fully saturated rings. The molecule has 3 heterocycles. The van der Waals surface area contributed by atoms with Crippen LogP contribution >= 0.6 is 0 Å². The van der Waals surface area contributed by atoms with Gasteiger partial charge in [-0.3, -0.25) is 29.4 Å². The molecule has 10 heteroatoms. The smallest absolute Gasteiger partial charge is 0.262 e. The van der Waals surface area contributed by atoms with E-state index in [1.54, 1.807) is 12.1 Å². The number of piperidine rings is 1. The number of imide groups is 2. The number of benzene rings is 1. The van der Waals surface area contributed by atoms with E-state index in [4.69, 9.17) is 0 Å². The topological polar surface area (TPSA) is 108 Å². The number of nitrogens with one attached hydrogen (secondary N) is 3. The maximum atomic E-state index is 13.6. The van der Waals surface area contributed by atoms with Crippen LogP contribution in [0.2, 0.25) is 0 Å². The Morgan fingerprint density at radius 3 is 2.66 bits per heavy atom. The van der Waals surface area contributed by atoms with Crippen molar-refractivity contribution < 1.29 is 28.0 Å². The minimum atomic E-state index is -2.59. The lowest BCUT2D eigenvalue weighted by molar-refractivity contribution is -0.136. The van der Waals surface area contributed by atoms with Crippen molar-refractivity contribution in [3.05, 3.63) is 34.9 Å². The zero-order chi connectivity index (χ0) is 20.8. The van der Waals surface area contributed by atoms with Crippen LogP contribution < -0.4 is 16.0 Å². The molecule has 4 amide bonds. The summed E-state index contributed by atoms with van der Waals surface area (Å²) in [6.07, 6.45) is -2.26. The highest BCUT2D eigenvalue weighted by Crippen LogP contribution is 2.31. The Hall–Kier alpha value is -2.72. The highest BCUT2D eigenvalue weighted by molar-refractivity contribution is 6.24. The minimum Gasteiger partial charge on any atom is -0.315 e. The second-order valence-corrected chi connectivity index (χ2v) is 7.52. The molecule has 4 rings (SSSR count). The summed E-state index contributed by atoms with van der Waals surface area (Å²) in [5.74, 6) is -2.40. The summed E-state index contributed by atoms with van der Waals surface area (Å²) in [5, 5.41) is 7.92. The van der Waals surface area contributed by atoms with Gasteiger partial charge in [0.25, 0.3) is 18.2 Å². The average molecular weight is 406 g/mol. The first-order valence-corrected chi connectivity index (χ1v) is 9.41. The summed E-state index contributed by atoms with van der Waals surface area (Å²) < 4.78 is 27.2. The third-order valence-corrected chi connectivity index (χ3v) is 5.79. The Morgan fingerprint density at radius 1 is 1.21 bits per heavy atom. The molecule has 1 aromatic carbocycles. The molecule has 2 saturated heterocycles. The number of nitrogens with zero attached hydrogens (tertiary/aromatic N) is 1. The molecule has 0 saturated carbocycles. The molecule has 0 radical (unpaired) electrons. The van der Waals surface area contributed by atoms with E-state index < -0.39 is 41.6 Å². The third-order valence-electron chi connectivity index (χ3n) is 5.79. The lowest BCUT2D eigenvalue weighted by atomic mass is 9.97. The second-order valence-electron chi connectivity index (χ2n) is 7.52. The van der Waals surface area contributed by atoms with Crippen LogP contribution in [0.5, 0.6) is 0 Å². The average Bonchev–Trinajstić information content (AvgIpc) is 3.26. The fourth-order valence-corrected chi connectivity index (χ4v) is 4.13. The first-order valence-electron chi connectivity index (χ1n) is 9.41. The molecule has 2 unspecified atom stereocenters. The van der Waals surface area contributed by atoms with Gasteiger partial charge in [-0.15, -0.1) is 0 Å². The molecule has 3 aliphatic rings. The summed E-state index contributed by atoms with van der Waals surface area (Å²) in [7, 11) is 0. The Balaban J connectivity index is 1.60. The fraction of sp³-hybridized carbons (Fsp3) is 0.474. The van der Waals surface area contributed by atoms with E-state index >= 15 is 0 Å². The van der Waals surface area contributed by atoms with Crippen molar-refractivity contribution in [1.29, 1.82) is 0 Å². The Kier molecular flexibility index (Phi) is 4.91. The first kappa shape index (κ1) is 19.6. The van der Waals surface area contributed by atoms with Crippen LogP contribution in [0, 0.1) is 0 Å². The Morgan fingerprint density at radius 2 is 2.00 bits per heavy atom. The highest BCUT2D eigenvalue weighted by atomic mass is 19.3. The number of halogens is 2. The van der Waals surface area contributed by atoms with Gasteiger partial charge < -0.3 is 10.6 Å². The SMILES string of the molecule is O=C1CCC(N2C(=O)c3cccc(CNC4(C(F)F)CCNC4)c3C2=O)C(=O)N1. The van der Waals surface area contributed by atoms with Crippen LogP contribution in [0.25, 0.3) is 0 Å². The maximum absolute atomic E-state index is 13.6. The van der Waals surface area contributed by atoms with E-state index in [1.165, 1.54) is 6.07 Å². The van der Waals surface area contributed by atoms with Gasteiger partial charge in [0.1, 0.15) is 6.04 Å². The maximum Gasteiger partial charge on any atom is 0.262 e. The minimum absolute atomic E-state index is 0.0165. The molecule has 0 spiro atoms. The van der Waals surface area contributed by atoms with Crippen molar-refractivity contribution in [1.82, 2.24) is 20.9 Å². The summed E-state index contributed by atoms with van der Waals surface area (Å²) in [5.41, 5.74) is -0.722. The highest BCUT2D eigenvalue weighted by Gasteiger charge is 2.46. The zero-order valence-corrected chi connectivity index (χ0v) is 15.5. The lowest BCUT2D eigenvalue weighted by Crippen LogP contribution is -2.54. The van der Waals surface area contributed by atoms with E-state index in [-0.39, 0.29) is 43.5 Å². The first-order chi connectivity index (χ1) is 13.8. The number of carbonyl (C=O) groups excluding carboxylic acids is 4. The van der Waals surface area contributed by atoms with E-state index in [0.29, 0.717) is 12.1 Å². The number of alkyl halides is 2. The molecule has 0 aliphatic carbocycles. The van der Waals surface area contributed by atoms with Crippen molar-refractivity contribution in [3.8, 4) is 0 Å². The normalized spacial score (nSPS) is 27.0. The predicted molar refractivity (Wildman–Crippen MR) is 96.2 cm³/mol. The largest absolute Gasteiger partial charge is 0.315 e. The van der Waals surface area contributed by atoms with Crippen molar-refractivity contribution in [3.63, 3.8) is 0 Å². The van der Waals surface area contributed by atoms with Gasteiger partial charge in [0.05, 0.1) is 16.7 Å². The monoisotopic (exact) mass is 406 g/mol. The van der Waals surface area contributed by atoms with E-state index in [0.717, 1.165) is 4.90 Å². The molecular formula is C19H20F2N4O4. The van der Waals surface area contributed by atoms with Crippen molar-refractivity contribution >= 4 is 23.6 Å². The third kappa shape index (κ3) is 3.22. The Labute approximate surface area is 165 Å². The number of carbonyl (C=O) groups is 4. The van der Waals surface area contributed by atoms with Crippen molar-refractivity contribution in [2.45, 2.75) is 43.8 Å². The van der Waals surface area contributed by atoms with Gasteiger partial charge in [0.2, 0.25) is 11.8 Å². The molecule has 154 valence electrons. The Bertz CT molecular complexity index is 898. The van der Waals surface area contributed by atoms with Crippen LogP contribution in [0.1, 0.15) is 45.5 Å². The van der Waals surface area contributed by atoms with Gasteiger partial charge in [0, 0.05) is 19.5 Å². The molecule has 3 aliphatic heterocycles. The van der Waals surface area contributed by atoms with Crippen LogP contribution in [0.3, 0.4) is 0 Å². The number of hydrogen-bond donors (Lipinski definition) is 3. The van der Waals surface area contributed by atoms with E-state index in [9.17, 15) is 28.0 Å². The van der Waals surface area contributed by atoms with E-state index in [1.807, 2.05) is 0 Å². The second kappa shape index (κ2) is 7.27. The van der Waals surface area contributed by atoms with Gasteiger partial charge in [-0.25, -0.2) is 8.78 Å². The summed E-state index contributed by atoms with van der Waals surface area (Å²) in [4.78, 5) is 50.2. The van der Waals surface area contributed by atoms with Crippen molar-refractivity contribution in [2.24, 2.45) is 0 Å². The predicted octanol–water partition coefficient (Wildman–Crippen LogP) is 0.175. The van der Waals surface area contributed by atoms with Gasteiger partial charge in [-0.2, -0.15) is 0 Å². The molecule has 3 N–H and O–H groups in total. The zero-order valence-electron chi connectivity index (χ0n) is 15.5. The van der Waals surface area contributed by atoms with Crippen molar-refractivity contribution in [2.75, 3.05) is 13.1 Å². The number of amides is 4. The van der Waals surface area contributed by atoms with E-state index in [2.05, 4.69) is 16.0 Å². The molecule has 29 heavy (non-hydrogen) atoms. The summed E-state index contributed by atoms with van der Waals surface area (Å²) in [6.45, 7) is 0.553. The van der Waals surface area contributed by atoms with Crippen LogP contribution in [-0.4, -0.2) is 59.6 Å². The molecule has 2 atom stereocenters. The summed E-state index contributed by atoms with van der Waals surface area (Å²) in [6, 6.07) is 3.60. The van der Waals surface area contributed by atoms with Gasteiger partial charge >= 0.3 is 0 Å². The lowest BCUT2D eigenvalue weighted by Gasteiger charge is -2.29. The van der Waals surface area contributed by atoms with Crippen LogP contribution in [-0.2, 0) is 16.1 Å². The fourth-order valence-electron chi connectivity index (χ4n) is 4.13. The van der Waals surface area contributed by atoms with Gasteiger partial charge in [0.15, 0.2) is 0 Å². The number of hydrogen-bond acceptors (Lipinski definition) is 6. The quantitative estimate of drug-likeness (QED) is 0.602. The molecule has 0 aromatic heterocycles. The summed E-state index contributed by atoms with van der Waals surface area (Å²) >= 11 is 0. The molecule has 0 bridgehead atoms. The molecule has 1 aromatic rings. The van der Waals surface area contributed by atoms with Gasteiger partial charge in [-0.05, 0) is 31.0 Å². The molecular weight excluding hydrogens is 386 g/mol. The molecule has 8 nitrogen and oxygen atoms in total. The van der Waals surface area contributed by atoms with Crippen LogP contribution in [0.15, 0.2) is 18.2 Å². The number of rotatable bonds is 5. The standard InChI is InChI=1S/C19H20F2N4O4/c20-18(21)19(6-7-22-9-19)23-8-10-2-1-3-11-14(10)17(29)25(16(11)28)12-4-5-13(26)24-15(12)27/h1-3,12,18,22-23H,4-9H2,(H,24,26,27).